The van der Waals surface area contributed by atoms with E-state index < -0.39 is 5.09 Å². The molecule has 0 aliphatic heterocycles. The van der Waals surface area contributed by atoms with Gasteiger partial charge >= 0.3 is 0 Å². The number of hydrogen-bond acceptors (Lipinski definition) is 4. The van der Waals surface area contributed by atoms with Gasteiger partial charge < -0.3 is 0 Å². The second-order valence-corrected chi connectivity index (χ2v) is 2.81. The maximum Gasteiger partial charge on any atom is 0.299 e. The van der Waals surface area contributed by atoms with Crippen LogP contribution in [-0.2, 0) is 0 Å². The average molecular weight is 215 g/mol. The largest absolute Gasteiger partial charge is 0.299 e. The molecule has 0 aromatic heterocycles. The van der Waals surface area contributed by atoms with Crippen molar-refractivity contribution in [2.24, 2.45) is 0 Å². The summed E-state index contributed by atoms with van der Waals surface area (Å²) in [5.41, 5.74) is 0. The highest BCUT2D eigenvalue weighted by Gasteiger charge is 2.03. The third-order valence-electron chi connectivity index (χ3n) is 1.24. The van der Waals surface area contributed by atoms with Gasteiger partial charge in [-0.2, -0.15) is 0 Å². The van der Waals surface area contributed by atoms with Crippen LogP contribution in [0.4, 0.5) is 0 Å². The van der Waals surface area contributed by atoms with Gasteiger partial charge in [-0.25, -0.2) is 0 Å². The van der Waals surface area contributed by atoms with Gasteiger partial charge in [0.1, 0.15) is 5.75 Å². The van der Waals surface area contributed by atoms with Gasteiger partial charge in [-0.05, 0) is 18.4 Å². The van der Waals surface area contributed by atoms with E-state index in [1.165, 1.54) is 11.8 Å². The summed E-state index contributed by atoms with van der Waals surface area (Å²) in [6.45, 7) is 4.00. The van der Waals surface area contributed by atoms with Crippen molar-refractivity contribution in [3.63, 3.8) is 0 Å². The highest BCUT2D eigenvalue weighted by Crippen LogP contribution is 2.26. The highest BCUT2D eigenvalue weighted by atomic mass is 32.2. The normalized spacial score (nSPS) is 8.50. The van der Waals surface area contributed by atoms with Gasteiger partial charge in [-0.15, -0.1) is 21.9 Å². The van der Waals surface area contributed by atoms with E-state index in [9.17, 15) is 10.1 Å². The number of thioether (sulfide) groups is 1. The molecule has 14 heavy (non-hydrogen) atoms. The number of para-hydroxylation sites is 1. The number of nitrogens with zero attached hydrogens (tertiary/aromatic N) is 1. The van der Waals surface area contributed by atoms with Gasteiger partial charge in [-0.3, -0.25) is 4.84 Å². The van der Waals surface area contributed by atoms with Crippen molar-refractivity contribution in [3.8, 4) is 5.75 Å². The number of rotatable bonds is 3. The lowest BCUT2D eigenvalue weighted by Crippen LogP contribution is -2.03. The van der Waals surface area contributed by atoms with Crippen molar-refractivity contribution in [2.75, 3.05) is 6.26 Å². The van der Waals surface area contributed by atoms with E-state index in [-0.39, 0.29) is 5.75 Å². The van der Waals surface area contributed by atoms with Gasteiger partial charge in [0.2, 0.25) is 0 Å². The SMILES string of the molecule is CC.CSc1ccccc1O[N+](=O)[O-]. The van der Waals surface area contributed by atoms with Crippen LogP contribution in [0.25, 0.3) is 0 Å². The first-order chi connectivity index (χ1) is 6.74. The maximum atomic E-state index is 10.0. The molecule has 0 N–H and O–H groups in total. The Balaban J connectivity index is 0.000000791. The molecule has 0 unspecified atom stereocenters. The van der Waals surface area contributed by atoms with E-state index in [0.29, 0.717) is 0 Å². The molecule has 0 saturated heterocycles. The first-order valence-electron chi connectivity index (χ1n) is 4.19. The van der Waals surface area contributed by atoms with Crippen molar-refractivity contribution >= 4 is 11.8 Å². The summed E-state index contributed by atoms with van der Waals surface area (Å²) in [5.74, 6) is 0.287. The topological polar surface area (TPSA) is 52.4 Å². The molecule has 78 valence electrons. The zero-order valence-electron chi connectivity index (χ0n) is 8.39. The minimum absolute atomic E-state index is 0.287. The van der Waals surface area contributed by atoms with Crippen molar-refractivity contribution in [1.29, 1.82) is 0 Å². The van der Waals surface area contributed by atoms with Crippen LogP contribution in [0.5, 0.6) is 5.75 Å². The van der Waals surface area contributed by atoms with Crippen LogP contribution in [0.15, 0.2) is 29.2 Å². The molecule has 4 nitrogen and oxygen atoms in total. The van der Waals surface area contributed by atoms with E-state index >= 15 is 0 Å². The summed E-state index contributed by atoms with van der Waals surface area (Å²) < 4.78 is 0. The van der Waals surface area contributed by atoms with Crippen LogP contribution in [0.1, 0.15) is 13.8 Å². The van der Waals surface area contributed by atoms with E-state index in [2.05, 4.69) is 4.84 Å². The molecule has 1 aromatic carbocycles. The summed E-state index contributed by atoms with van der Waals surface area (Å²) in [6, 6.07) is 6.83. The van der Waals surface area contributed by atoms with Gasteiger partial charge in [0.25, 0.3) is 5.09 Å². The molecular formula is C9H13NO3S. The summed E-state index contributed by atoms with van der Waals surface area (Å²) in [7, 11) is 0. The smallest absolute Gasteiger partial charge is 0.275 e. The zero-order chi connectivity index (χ0) is 11.0. The lowest BCUT2D eigenvalue weighted by Gasteiger charge is -2.02. The lowest BCUT2D eigenvalue weighted by molar-refractivity contribution is -0.711. The quantitative estimate of drug-likeness (QED) is 0.442. The molecule has 0 heterocycles. The third kappa shape index (κ3) is 4.13. The molecule has 0 aliphatic carbocycles. The Labute approximate surface area is 87.4 Å². The van der Waals surface area contributed by atoms with E-state index in [1.54, 1.807) is 24.3 Å². The fourth-order valence-electron chi connectivity index (χ4n) is 0.775. The molecule has 1 aromatic rings. The molecule has 0 aliphatic rings. The van der Waals surface area contributed by atoms with Crippen LogP contribution in [0.3, 0.4) is 0 Å². The zero-order valence-corrected chi connectivity index (χ0v) is 9.21. The first kappa shape index (κ1) is 12.8. The second-order valence-electron chi connectivity index (χ2n) is 1.97. The molecule has 0 amide bonds. The summed E-state index contributed by atoms with van der Waals surface area (Å²) in [5, 5.41) is 9.20. The molecule has 1 rings (SSSR count). The van der Waals surface area contributed by atoms with Gasteiger partial charge in [-0.1, -0.05) is 26.0 Å². The van der Waals surface area contributed by atoms with Crippen molar-refractivity contribution in [2.45, 2.75) is 18.7 Å². The van der Waals surface area contributed by atoms with E-state index in [0.717, 1.165) is 4.90 Å². The van der Waals surface area contributed by atoms with Crippen LogP contribution < -0.4 is 4.84 Å². The Morgan fingerprint density at radius 1 is 1.36 bits per heavy atom. The summed E-state index contributed by atoms with van der Waals surface area (Å²) >= 11 is 1.41. The Bertz CT molecular complexity index is 291. The standard InChI is InChI=1S/C7H7NO3S.C2H6/c1-12-7-5-3-2-4-6(7)11-8(9)10;1-2/h2-5H,1H3;1-2H3. The maximum absolute atomic E-state index is 10.0. The van der Waals surface area contributed by atoms with Crippen LogP contribution in [0.2, 0.25) is 0 Å². The molecule has 0 saturated carbocycles. The molecule has 0 spiro atoms. The number of benzene rings is 1. The van der Waals surface area contributed by atoms with E-state index in [1.807, 2.05) is 20.1 Å². The Morgan fingerprint density at radius 2 is 1.93 bits per heavy atom. The van der Waals surface area contributed by atoms with Gasteiger partial charge in [0.05, 0.1) is 0 Å². The monoisotopic (exact) mass is 215 g/mol. The summed E-state index contributed by atoms with van der Waals surface area (Å²) in [4.78, 5) is 15.1. The molecular weight excluding hydrogens is 202 g/mol. The molecule has 0 fully saturated rings. The Kier molecular flexibility index (Phi) is 6.57. The third-order valence-corrected chi connectivity index (χ3v) is 2.02. The van der Waals surface area contributed by atoms with Crippen LogP contribution >= 0.6 is 11.8 Å². The highest BCUT2D eigenvalue weighted by molar-refractivity contribution is 7.98. The first-order valence-corrected chi connectivity index (χ1v) is 5.42. The minimum atomic E-state index is -0.810. The van der Waals surface area contributed by atoms with Crippen molar-refractivity contribution in [1.82, 2.24) is 0 Å². The predicted octanol–water partition coefficient (Wildman–Crippen LogP) is 3.01. The van der Waals surface area contributed by atoms with Gasteiger partial charge in [0.15, 0.2) is 0 Å². The van der Waals surface area contributed by atoms with Gasteiger partial charge in [0, 0.05) is 4.90 Å². The fraction of sp³-hybridized carbons (Fsp3) is 0.333. The molecule has 0 bridgehead atoms. The van der Waals surface area contributed by atoms with E-state index in [4.69, 9.17) is 0 Å². The Morgan fingerprint density at radius 3 is 2.43 bits per heavy atom. The van der Waals surface area contributed by atoms with Crippen LogP contribution in [-0.4, -0.2) is 11.3 Å². The van der Waals surface area contributed by atoms with Crippen molar-refractivity contribution < 1.29 is 9.92 Å². The Hall–Kier alpha value is -1.23. The van der Waals surface area contributed by atoms with Crippen molar-refractivity contribution in [3.05, 3.63) is 34.4 Å². The molecule has 0 radical (unpaired) electrons. The summed E-state index contributed by atoms with van der Waals surface area (Å²) in [6.07, 6.45) is 1.84. The fourth-order valence-corrected chi connectivity index (χ4v) is 1.30. The molecule has 0 atom stereocenters. The predicted molar refractivity (Wildman–Crippen MR) is 57.2 cm³/mol. The lowest BCUT2D eigenvalue weighted by atomic mass is 10.3. The van der Waals surface area contributed by atoms with Crippen LogP contribution in [0, 0.1) is 10.1 Å². The average Bonchev–Trinajstić information content (AvgIpc) is 2.21. The molecule has 5 heteroatoms. The minimum Gasteiger partial charge on any atom is -0.275 e. The number of hydrogen-bond donors (Lipinski definition) is 0. The second kappa shape index (κ2) is 7.20.